The first-order valence-corrected chi connectivity index (χ1v) is 6.49. The van der Waals surface area contributed by atoms with Crippen LogP contribution >= 0.6 is 0 Å². The van der Waals surface area contributed by atoms with Crippen LogP contribution in [-0.2, 0) is 6.42 Å². The number of aromatic nitrogens is 1. The highest BCUT2D eigenvalue weighted by molar-refractivity contribution is 5.82. The molecular formula is C15H19NO3. The molecule has 19 heavy (non-hydrogen) atoms. The van der Waals surface area contributed by atoms with E-state index < -0.39 is 0 Å². The first-order valence-electron chi connectivity index (χ1n) is 6.49. The SMILES string of the molecule is CCCCc1c(OC)c(OC)[n+]([O-])c2ccccc12. The van der Waals surface area contributed by atoms with Gasteiger partial charge in [0.25, 0.3) is 0 Å². The van der Waals surface area contributed by atoms with Crippen molar-refractivity contribution in [1.82, 2.24) is 0 Å². The highest BCUT2D eigenvalue weighted by Gasteiger charge is 2.24. The van der Waals surface area contributed by atoms with Crippen molar-refractivity contribution in [2.24, 2.45) is 0 Å². The van der Waals surface area contributed by atoms with Gasteiger partial charge in [0.15, 0.2) is 0 Å². The maximum Gasteiger partial charge on any atom is 0.423 e. The van der Waals surface area contributed by atoms with E-state index in [0.717, 1.165) is 34.9 Å². The number of hydrogen-bond acceptors (Lipinski definition) is 3. The van der Waals surface area contributed by atoms with Crippen molar-refractivity contribution >= 4 is 10.9 Å². The van der Waals surface area contributed by atoms with Crippen molar-refractivity contribution in [3.05, 3.63) is 35.0 Å². The summed E-state index contributed by atoms with van der Waals surface area (Å²) in [4.78, 5) is 0. The molecule has 2 rings (SSSR count). The van der Waals surface area contributed by atoms with Gasteiger partial charge < -0.3 is 14.7 Å². The Balaban J connectivity index is 2.76. The van der Waals surface area contributed by atoms with Crippen LogP contribution in [0.2, 0.25) is 0 Å². The molecule has 0 atom stereocenters. The molecule has 0 aliphatic rings. The maximum absolute atomic E-state index is 12.3. The Kier molecular flexibility index (Phi) is 4.10. The van der Waals surface area contributed by atoms with E-state index in [1.807, 2.05) is 18.2 Å². The molecule has 4 heteroatoms. The van der Waals surface area contributed by atoms with Crippen molar-refractivity contribution in [3.63, 3.8) is 0 Å². The zero-order valence-electron chi connectivity index (χ0n) is 11.6. The Hall–Kier alpha value is -1.97. The summed E-state index contributed by atoms with van der Waals surface area (Å²) in [6.07, 6.45) is 3.01. The number of fused-ring (bicyclic) bond motifs is 1. The van der Waals surface area contributed by atoms with Gasteiger partial charge >= 0.3 is 5.88 Å². The van der Waals surface area contributed by atoms with Gasteiger partial charge in [-0.05, 0) is 18.9 Å². The Bertz CT molecular complexity index is 581. The van der Waals surface area contributed by atoms with Crippen LogP contribution in [-0.4, -0.2) is 14.2 Å². The molecule has 1 aromatic carbocycles. The van der Waals surface area contributed by atoms with Crippen molar-refractivity contribution in [2.45, 2.75) is 26.2 Å². The van der Waals surface area contributed by atoms with Crippen LogP contribution in [0.1, 0.15) is 25.3 Å². The monoisotopic (exact) mass is 261 g/mol. The van der Waals surface area contributed by atoms with E-state index in [0.29, 0.717) is 11.3 Å². The Morgan fingerprint density at radius 1 is 1.16 bits per heavy atom. The lowest BCUT2D eigenvalue weighted by molar-refractivity contribution is -0.585. The van der Waals surface area contributed by atoms with E-state index in [9.17, 15) is 5.21 Å². The minimum Gasteiger partial charge on any atom is -0.615 e. The molecule has 0 radical (unpaired) electrons. The second-order valence-electron chi connectivity index (χ2n) is 4.44. The van der Waals surface area contributed by atoms with Gasteiger partial charge in [0.05, 0.1) is 19.6 Å². The largest absolute Gasteiger partial charge is 0.615 e. The minimum atomic E-state index is 0.229. The molecule has 0 amide bonds. The summed E-state index contributed by atoms with van der Waals surface area (Å²) in [5.74, 6) is 0.775. The molecule has 4 nitrogen and oxygen atoms in total. The summed E-state index contributed by atoms with van der Waals surface area (Å²) in [5, 5.41) is 13.2. The highest BCUT2D eigenvalue weighted by Crippen LogP contribution is 2.34. The van der Waals surface area contributed by atoms with E-state index in [1.54, 1.807) is 13.2 Å². The number of rotatable bonds is 5. The third kappa shape index (κ3) is 2.30. The first-order chi connectivity index (χ1) is 9.24. The molecule has 0 N–H and O–H groups in total. The van der Waals surface area contributed by atoms with Crippen LogP contribution in [0.25, 0.3) is 10.9 Å². The number of methoxy groups -OCH3 is 2. The maximum atomic E-state index is 12.3. The smallest absolute Gasteiger partial charge is 0.423 e. The predicted molar refractivity (Wildman–Crippen MR) is 74.6 cm³/mol. The summed E-state index contributed by atoms with van der Waals surface area (Å²) < 4.78 is 11.4. The second kappa shape index (κ2) is 5.78. The van der Waals surface area contributed by atoms with Gasteiger partial charge in [-0.3, -0.25) is 0 Å². The summed E-state index contributed by atoms with van der Waals surface area (Å²) in [6, 6.07) is 7.55. The molecule has 0 saturated heterocycles. The van der Waals surface area contributed by atoms with Crippen molar-refractivity contribution in [3.8, 4) is 11.6 Å². The molecule has 0 saturated carbocycles. The quantitative estimate of drug-likeness (QED) is 0.614. The number of benzene rings is 1. The van der Waals surface area contributed by atoms with Crippen molar-refractivity contribution in [2.75, 3.05) is 14.2 Å². The molecular weight excluding hydrogens is 242 g/mol. The lowest BCUT2D eigenvalue weighted by atomic mass is 10.0. The molecule has 0 aliphatic heterocycles. The molecule has 1 aromatic heterocycles. The fourth-order valence-corrected chi connectivity index (χ4v) is 2.35. The molecule has 2 aromatic rings. The summed E-state index contributed by atoms with van der Waals surface area (Å²) in [6.45, 7) is 2.14. The zero-order chi connectivity index (χ0) is 13.8. The van der Waals surface area contributed by atoms with E-state index >= 15 is 0 Å². The predicted octanol–water partition coefficient (Wildman–Crippen LogP) is 2.83. The standard InChI is InChI=1S/C15H19NO3/c1-4-5-8-12-11-9-6-7-10-13(11)16(17)15(19-3)14(12)18-2/h6-7,9-10H,4-5,8H2,1-3H3. The normalized spacial score (nSPS) is 10.7. The molecule has 0 fully saturated rings. The summed E-state index contributed by atoms with van der Waals surface area (Å²) >= 11 is 0. The Morgan fingerprint density at radius 2 is 1.89 bits per heavy atom. The number of unbranched alkanes of at least 4 members (excludes halogenated alkanes) is 1. The van der Waals surface area contributed by atoms with Crippen LogP contribution in [0.3, 0.4) is 0 Å². The number of pyridine rings is 1. The van der Waals surface area contributed by atoms with Crippen LogP contribution in [0, 0.1) is 5.21 Å². The topological polar surface area (TPSA) is 45.4 Å². The zero-order valence-corrected chi connectivity index (χ0v) is 11.6. The van der Waals surface area contributed by atoms with Crippen LogP contribution in [0.5, 0.6) is 11.6 Å². The molecule has 1 heterocycles. The highest BCUT2D eigenvalue weighted by atomic mass is 16.6. The van der Waals surface area contributed by atoms with Crippen LogP contribution in [0.15, 0.2) is 24.3 Å². The fraction of sp³-hybridized carbons (Fsp3) is 0.400. The van der Waals surface area contributed by atoms with E-state index in [1.165, 1.54) is 7.11 Å². The van der Waals surface area contributed by atoms with Crippen molar-refractivity contribution in [1.29, 1.82) is 0 Å². The first kappa shape index (κ1) is 13.5. The van der Waals surface area contributed by atoms with E-state index in [4.69, 9.17) is 9.47 Å². The third-order valence-corrected chi connectivity index (χ3v) is 3.28. The molecule has 0 unspecified atom stereocenters. The van der Waals surface area contributed by atoms with Gasteiger partial charge in [-0.2, -0.15) is 0 Å². The van der Waals surface area contributed by atoms with Gasteiger partial charge in [-0.15, -0.1) is 4.73 Å². The third-order valence-electron chi connectivity index (χ3n) is 3.28. The summed E-state index contributed by atoms with van der Waals surface area (Å²) in [5.41, 5.74) is 1.66. The van der Waals surface area contributed by atoms with E-state index in [-0.39, 0.29) is 5.88 Å². The fourth-order valence-electron chi connectivity index (χ4n) is 2.35. The second-order valence-corrected chi connectivity index (χ2v) is 4.44. The molecule has 0 aliphatic carbocycles. The van der Waals surface area contributed by atoms with Crippen LogP contribution < -0.4 is 14.2 Å². The number of hydrogen-bond donors (Lipinski definition) is 0. The number of para-hydroxylation sites is 1. The van der Waals surface area contributed by atoms with Gasteiger partial charge in [0.2, 0.25) is 11.3 Å². The van der Waals surface area contributed by atoms with E-state index in [2.05, 4.69) is 6.92 Å². The van der Waals surface area contributed by atoms with Gasteiger partial charge in [0, 0.05) is 11.6 Å². The molecule has 0 bridgehead atoms. The lowest BCUT2D eigenvalue weighted by Gasteiger charge is -2.15. The average molecular weight is 261 g/mol. The Morgan fingerprint density at radius 3 is 2.53 bits per heavy atom. The molecule has 102 valence electrons. The number of ether oxygens (including phenoxy) is 2. The number of nitrogens with zero attached hydrogens (tertiary/aromatic N) is 1. The summed E-state index contributed by atoms with van der Waals surface area (Å²) in [7, 11) is 3.06. The lowest BCUT2D eigenvalue weighted by Crippen LogP contribution is -2.30. The van der Waals surface area contributed by atoms with Gasteiger partial charge in [0.1, 0.15) is 0 Å². The minimum absolute atomic E-state index is 0.229. The molecule has 0 spiro atoms. The van der Waals surface area contributed by atoms with Crippen molar-refractivity contribution < 1.29 is 14.2 Å². The number of aryl methyl sites for hydroxylation is 1. The van der Waals surface area contributed by atoms with Gasteiger partial charge in [-0.1, -0.05) is 25.5 Å². The average Bonchev–Trinajstić information content (AvgIpc) is 2.46. The van der Waals surface area contributed by atoms with Gasteiger partial charge in [-0.25, -0.2) is 0 Å². The van der Waals surface area contributed by atoms with Crippen LogP contribution in [0.4, 0.5) is 0 Å². The Labute approximate surface area is 113 Å².